The summed E-state index contributed by atoms with van der Waals surface area (Å²) >= 11 is 0. The van der Waals surface area contributed by atoms with Crippen LogP contribution in [0.3, 0.4) is 0 Å². The second kappa shape index (κ2) is 5.23. The Bertz CT molecular complexity index is 344. The molecule has 0 aromatic carbocycles. The quantitative estimate of drug-likeness (QED) is 0.775. The number of hydrogen-bond donors (Lipinski definition) is 0. The van der Waals surface area contributed by atoms with Crippen molar-refractivity contribution in [1.82, 2.24) is 9.80 Å². The Labute approximate surface area is 112 Å². The zero-order valence-electron chi connectivity index (χ0n) is 11.7. The van der Waals surface area contributed by atoms with Gasteiger partial charge in [-0.25, -0.2) is 13.6 Å². The Hall–Kier alpha value is -0.910. The summed E-state index contributed by atoms with van der Waals surface area (Å²) in [6.45, 7) is 7.12. The van der Waals surface area contributed by atoms with Crippen LogP contribution in [-0.2, 0) is 4.74 Å². The van der Waals surface area contributed by atoms with Crippen molar-refractivity contribution >= 4 is 6.09 Å². The van der Waals surface area contributed by atoms with Gasteiger partial charge in [0.1, 0.15) is 5.60 Å². The molecule has 2 aliphatic heterocycles. The van der Waals surface area contributed by atoms with Crippen LogP contribution in [0.5, 0.6) is 0 Å². The molecule has 2 fully saturated rings. The third kappa shape index (κ3) is 3.55. The Kier molecular flexibility index (Phi) is 3.99. The zero-order chi connectivity index (χ0) is 14.2. The molecule has 0 N–H and O–H groups in total. The molecule has 1 amide bonds. The van der Waals surface area contributed by atoms with E-state index in [0.717, 1.165) is 6.42 Å². The van der Waals surface area contributed by atoms with Gasteiger partial charge in [-0.1, -0.05) is 0 Å². The van der Waals surface area contributed by atoms with Crippen LogP contribution in [0.25, 0.3) is 0 Å². The lowest BCUT2D eigenvalue weighted by Crippen LogP contribution is -2.40. The fourth-order valence-electron chi connectivity index (χ4n) is 2.93. The van der Waals surface area contributed by atoms with Crippen LogP contribution >= 0.6 is 0 Å². The minimum Gasteiger partial charge on any atom is -0.444 e. The molecule has 0 saturated carbocycles. The monoisotopic (exact) mass is 276 g/mol. The number of rotatable bonds is 2. The summed E-state index contributed by atoms with van der Waals surface area (Å²) in [5.41, 5.74) is -0.516. The van der Waals surface area contributed by atoms with E-state index in [2.05, 4.69) is 0 Å². The Morgan fingerprint density at radius 3 is 2.63 bits per heavy atom. The molecule has 2 rings (SSSR count). The molecule has 0 aromatic rings. The molecule has 2 unspecified atom stereocenters. The van der Waals surface area contributed by atoms with E-state index in [9.17, 15) is 13.6 Å². The van der Waals surface area contributed by atoms with Crippen molar-refractivity contribution in [2.75, 3.05) is 26.2 Å². The summed E-state index contributed by atoms with van der Waals surface area (Å²) in [7, 11) is 0. The Morgan fingerprint density at radius 1 is 1.37 bits per heavy atom. The summed E-state index contributed by atoms with van der Waals surface area (Å²) in [6, 6.07) is 0.0709. The highest BCUT2D eigenvalue weighted by Gasteiger charge is 2.44. The van der Waals surface area contributed by atoms with Crippen molar-refractivity contribution in [1.29, 1.82) is 0 Å². The van der Waals surface area contributed by atoms with Gasteiger partial charge >= 0.3 is 6.09 Å². The Morgan fingerprint density at radius 2 is 2.05 bits per heavy atom. The molecule has 19 heavy (non-hydrogen) atoms. The molecule has 0 spiro atoms. The number of ether oxygens (including phenoxy) is 1. The second-order valence-corrected chi connectivity index (χ2v) is 6.39. The number of alkyl halides is 2. The highest BCUT2D eigenvalue weighted by Crippen LogP contribution is 2.32. The minimum absolute atomic E-state index is 0.0709. The summed E-state index contributed by atoms with van der Waals surface area (Å²) < 4.78 is 30.3. The largest absolute Gasteiger partial charge is 0.444 e. The van der Waals surface area contributed by atoms with Crippen LogP contribution in [0.2, 0.25) is 0 Å². The lowest BCUT2D eigenvalue weighted by atomic mass is 10.1. The molecule has 2 saturated heterocycles. The number of carbonyl (C=O) groups is 1. The maximum Gasteiger partial charge on any atom is 0.410 e. The molecule has 2 aliphatic rings. The van der Waals surface area contributed by atoms with E-state index in [1.54, 1.807) is 9.80 Å². The summed E-state index contributed by atoms with van der Waals surface area (Å²) in [5.74, 6) is 0.311. The molecule has 110 valence electrons. The number of hydrogen-bond acceptors (Lipinski definition) is 3. The van der Waals surface area contributed by atoms with Crippen LogP contribution in [0, 0.1) is 5.92 Å². The van der Waals surface area contributed by atoms with Crippen LogP contribution in [-0.4, -0.2) is 60.1 Å². The molecular weight excluding hydrogens is 254 g/mol. The van der Waals surface area contributed by atoms with Crippen molar-refractivity contribution in [3.8, 4) is 0 Å². The van der Waals surface area contributed by atoms with E-state index in [-0.39, 0.29) is 18.7 Å². The maximum atomic E-state index is 12.5. The first-order valence-electron chi connectivity index (χ1n) is 6.76. The van der Waals surface area contributed by atoms with Crippen LogP contribution in [0.1, 0.15) is 27.2 Å². The van der Waals surface area contributed by atoms with Gasteiger partial charge in [0, 0.05) is 19.1 Å². The van der Waals surface area contributed by atoms with E-state index in [1.807, 2.05) is 20.8 Å². The van der Waals surface area contributed by atoms with Crippen LogP contribution in [0.15, 0.2) is 0 Å². The molecule has 0 radical (unpaired) electrons. The van der Waals surface area contributed by atoms with Gasteiger partial charge in [-0.2, -0.15) is 0 Å². The first-order valence-corrected chi connectivity index (χ1v) is 6.76. The third-order valence-electron chi connectivity index (χ3n) is 3.69. The lowest BCUT2D eigenvalue weighted by Gasteiger charge is -2.26. The van der Waals surface area contributed by atoms with E-state index in [1.165, 1.54) is 0 Å². The molecule has 0 aliphatic carbocycles. The average molecular weight is 276 g/mol. The number of carbonyl (C=O) groups excluding carboxylic acids is 1. The zero-order valence-corrected chi connectivity index (χ0v) is 11.7. The molecule has 0 bridgehead atoms. The standard InChI is InChI=1S/C13H22F2N2O2/c1-13(2,3)19-12(18)17-6-9-4-5-16(8-11(14)15)10(9)7-17/h9-11H,4-8H2,1-3H3. The summed E-state index contributed by atoms with van der Waals surface area (Å²) in [5, 5.41) is 0. The van der Waals surface area contributed by atoms with Crippen molar-refractivity contribution in [2.45, 2.75) is 45.3 Å². The van der Waals surface area contributed by atoms with Crippen molar-refractivity contribution in [3.05, 3.63) is 0 Å². The molecular formula is C13H22F2N2O2. The predicted molar refractivity (Wildman–Crippen MR) is 67.3 cm³/mol. The molecule has 6 heteroatoms. The average Bonchev–Trinajstić information content (AvgIpc) is 2.77. The number of likely N-dealkylation sites (tertiary alicyclic amines) is 2. The highest BCUT2D eigenvalue weighted by molar-refractivity contribution is 5.68. The number of amides is 1. The van der Waals surface area contributed by atoms with Crippen molar-refractivity contribution in [3.63, 3.8) is 0 Å². The maximum absolute atomic E-state index is 12.5. The third-order valence-corrected chi connectivity index (χ3v) is 3.69. The predicted octanol–water partition coefficient (Wildman–Crippen LogP) is 2.19. The summed E-state index contributed by atoms with van der Waals surface area (Å²) in [4.78, 5) is 15.4. The SMILES string of the molecule is CC(C)(C)OC(=O)N1CC2CCN(CC(F)F)C2C1. The van der Waals surface area contributed by atoms with Crippen molar-refractivity contribution < 1.29 is 18.3 Å². The van der Waals surface area contributed by atoms with Crippen LogP contribution < -0.4 is 0 Å². The fourth-order valence-corrected chi connectivity index (χ4v) is 2.93. The lowest BCUT2D eigenvalue weighted by molar-refractivity contribution is 0.0261. The second-order valence-electron chi connectivity index (χ2n) is 6.39. The topological polar surface area (TPSA) is 32.8 Å². The summed E-state index contributed by atoms with van der Waals surface area (Å²) in [6.07, 6.45) is -1.76. The van der Waals surface area contributed by atoms with E-state index in [4.69, 9.17) is 4.74 Å². The van der Waals surface area contributed by atoms with Gasteiger partial charge in [0.15, 0.2) is 0 Å². The van der Waals surface area contributed by atoms with Gasteiger partial charge in [-0.15, -0.1) is 0 Å². The highest BCUT2D eigenvalue weighted by atomic mass is 19.3. The normalized spacial score (nSPS) is 28.0. The van der Waals surface area contributed by atoms with Gasteiger partial charge in [0.05, 0.1) is 6.54 Å². The first-order chi connectivity index (χ1) is 8.76. The van der Waals surface area contributed by atoms with E-state index < -0.39 is 12.0 Å². The van der Waals surface area contributed by atoms with E-state index in [0.29, 0.717) is 25.6 Å². The van der Waals surface area contributed by atoms with Crippen molar-refractivity contribution in [2.24, 2.45) is 5.92 Å². The van der Waals surface area contributed by atoms with Gasteiger partial charge < -0.3 is 9.64 Å². The number of nitrogens with zero attached hydrogens (tertiary/aromatic N) is 2. The molecule has 4 nitrogen and oxygen atoms in total. The Balaban J connectivity index is 1.91. The molecule has 2 atom stereocenters. The number of fused-ring (bicyclic) bond motifs is 1. The molecule has 2 heterocycles. The molecule has 0 aromatic heterocycles. The van der Waals surface area contributed by atoms with E-state index >= 15 is 0 Å². The fraction of sp³-hybridized carbons (Fsp3) is 0.923. The smallest absolute Gasteiger partial charge is 0.410 e. The van der Waals surface area contributed by atoms with Gasteiger partial charge in [-0.3, -0.25) is 4.90 Å². The first kappa shape index (κ1) is 14.5. The van der Waals surface area contributed by atoms with Gasteiger partial charge in [0.2, 0.25) is 0 Å². The minimum atomic E-state index is -2.31. The number of halogens is 2. The van der Waals surface area contributed by atoms with Gasteiger partial charge in [-0.05, 0) is 39.7 Å². The van der Waals surface area contributed by atoms with Crippen LogP contribution in [0.4, 0.5) is 13.6 Å². The van der Waals surface area contributed by atoms with Gasteiger partial charge in [0.25, 0.3) is 6.43 Å².